The monoisotopic (exact) mass is 1040 g/mol. The number of unbranched alkanes of at least 4 members (excludes halogenated alkanes) is 16. The number of carbonyl (C=O) groups excluding carboxylic acids is 1. The summed E-state index contributed by atoms with van der Waals surface area (Å²) in [6.07, 6.45) is 45.3. The second-order valence-corrected chi connectivity index (χ2v) is 19.7. The van der Waals surface area contributed by atoms with Crippen molar-refractivity contribution in [3.8, 4) is 0 Å². The van der Waals surface area contributed by atoms with Gasteiger partial charge in [0, 0.05) is 6.42 Å². The minimum Gasteiger partial charge on any atom is -0.394 e. The average molecular weight is 1040 g/mol. The van der Waals surface area contributed by atoms with E-state index >= 15 is 0 Å². The molecule has 0 aromatic rings. The summed E-state index contributed by atoms with van der Waals surface area (Å²) in [5.41, 5.74) is 0. The molecule has 9 N–H and O–H groups in total. The van der Waals surface area contributed by atoms with Gasteiger partial charge in [-0.2, -0.15) is 0 Å². The molecule has 12 unspecified atom stereocenters. The van der Waals surface area contributed by atoms with E-state index in [1.54, 1.807) is 6.08 Å². The van der Waals surface area contributed by atoms with Crippen LogP contribution < -0.4 is 5.32 Å². The average Bonchev–Trinajstić information content (AvgIpc) is 3.40. The molecule has 2 rings (SSSR count). The Bertz CT molecular complexity index is 1610. The number of aliphatic hydroxyl groups excluding tert-OH is 8. The highest BCUT2D eigenvalue weighted by atomic mass is 16.7. The van der Waals surface area contributed by atoms with Crippen LogP contribution in [0, 0.1) is 0 Å². The summed E-state index contributed by atoms with van der Waals surface area (Å²) in [6.45, 7) is 2.53. The van der Waals surface area contributed by atoms with Crippen LogP contribution in [0.1, 0.15) is 181 Å². The van der Waals surface area contributed by atoms with Crippen molar-refractivity contribution in [1.82, 2.24) is 5.32 Å². The van der Waals surface area contributed by atoms with E-state index in [0.717, 1.165) is 96.3 Å². The number of nitrogens with one attached hydrogen (secondary N) is 1. The van der Waals surface area contributed by atoms with Gasteiger partial charge in [0.1, 0.15) is 48.8 Å². The summed E-state index contributed by atoms with van der Waals surface area (Å²) in [5.74, 6) is -0.253. The Hall–Kier alpha value is -3.09. The fraction of sp³-hybridized carbons (Fsp3) is 0.717. The zero-order valence-corrected chi connectivity index (χ0v) is 45.3. The van der Waals surface area contributed by atoms with E-state index in [-0.39, 0.29) is 18.9 Å². The Morgan fingerprint density at radius 3 is 1.43 bits per heavy atom. The van der Waals surface area contributed by atoms with E-state index in [0.29, 0.717) is 6.42 Å². The highest BCUT2D eigenvalue weighted by Gasteiger charge is 2.51. The Kier molecular flexibility index (Phi) is 40.7. The molecule has 0 saturated carbocycles. The SMILES string of the molecule is CC/C=C\C/C=C\C/C=C\C/C=C\C/C=C\C/C=C\C/C=C\CCCCCCCCCCCCCCCC(=O)NC(COC1OC(CO)C(OC2OC(CO)C(O)C(O)C2O)C(O)C1O)C(O)/C=C/CCCCC. The van der Waals surface area contributed by atoms with Crippen LogP contribution in [0.2, 0.25) is 0 Å². The van der Waals surface area contributed by atoms with Crippen molar-refractivity contribution in [2.75, 3.05) is 19.8 Å². The van der Waals surface area contributed by atoms with Crippen LogP contribution in [0.25, 0.3) is 0 Å². The maximum absolute atomic E-state index is 13.1. The smallest absolute Gasteiger partial charge is 0.220 e. The van der Waals surface area contributed by atoms with Crippen molar-refractivity contribution in [1.29, 1.82) is 0 Å². The molecule has 2 saturated heterocycles. The molecule has 14 heteroatoms. The molecule has 0 aromatic carbocycles. The molecule has 14 nitrogen and oxygen atoms in total. The van der Waals surface area contributed by atoms with E-state index in [1.807, 2.05) is 6.08 Å². The van der Waals surface area contributed by atoms with E-state index < -0.39 is 86.8 Å². The van der Waals surface area contributed by atoms with Gasteiger partial charge < -0.3 is 65.1 Å². The predicted octanol–water partition coefficient (Wildman–Crippen LogP) is 9.10. The lowest BCUT2D eigenvalue weighted by atomic mass is 9.97. The van der Waals surface area contributed by atoms with Crippen molar-refractivity contribution in [3.05, 3.63) is 97.2 Å². The maximum Gasteiger partial charge on any atom is 0.220 e. The van der Waals surface area contributed by atoms with Gasteiger partial charge in [0.25, 0.3) is 0 Å². The maximum atomic E-state index is 13.1. The fourth-order valence-corrected chi connectivity index (χ4v) is 8.68. The number of ether oxygens (including phenoxy) is 4. The second kappa shape index (κ2) is 45.0. The first-order chi connectivity index (χ1) is 36.1. The number of amides is 1. The molecule has 12 atom stereocenters. The first kappa shape index (κ1) is 67.0. The van der Waals surface area contributed by atoms with Gasteiger partial charge in [-0.1, -0.05) is 195 Å². The standard InChI is InChI=1S/C60H101NO13/c1-3-5-7-9-10-11-12-13-14-15-16-17-18-19-20-21-22-23-24-25-26-27-28-29-30-31-32-33-34-35-36-37-38-40-42-44-52(65)61-48(49(64)43-41-39-8-6-4-2)47-71-59-57(70)55(68)58(51(46-63)73-59)74-60-56(69)54(67)53(66)50(45-62)72-60/h5,7,10-11,13-14,16-17,19-20,22-23,25-26,41,43,48-51,53-60,62-64,66-70H,3-4,6,8-9,12,15,18,21,24,27-40,42,44-47H2,1-2H3,(H,61,65)/b7-5-,11-10-,14-13-,17-16-,20-19-,23-22-,26-25-,43-41+. The van der Waals surface area contributed by atoms with Gasteiger partial charge in [-0.05, 0) is 77.0 Å². The van der Waals surface area contributed by atoms with Crippen LogP contribution in [0.5, 0.6) is 0 Å². The van der Waals surface area contributed by atoms with Crippen LogP contribution in [0.3, 0.4) is 0 Å². The van der Waals surface area contributed by atoms with Crippen molar-refractivity contribution in [2.45, 2.75) is 254 Å². The molecule has 0 radical (unpaired) electrons. The highest BCUT2D eigenvalue weighted by molar-refractivity contribution is 5.76. The zero-order valence-electron chi connectivity index (χ0n) is 45.3. The summed E-state index contributed by atoms with van der Waals surface area (Å²) < 4.78 is 22.6. The minimum atomic E-state index is -1.79. The van der Waals surface area contributed by atoms with Crippen LogP contribution in [0.4, 0.5) is 0 Å². The number of hydrogen-bond acceptors (Lipinski definition) is 13. The summed E-state index contributed by atoms with van der Waals surface area (Å²) in [7, 11) is 0. The van der Waals surface area contributed by atoms with E-state index in [1.165, 1.54) is 57.8 Å². The first-order valence-corrected chi connectivity index (χ1v) is 28.5. The van der Waals surface area contributed by atoms with Gasteiger partial charge in [-0.15, -0.1) is 0 Å². The minimum absolute atomic E-state index is 0.253. The second-order valence-electron chi connectivity index (χ2n) is 19.7. The van der Waals surface area contributed by atoms with Gasteiger partial charge in [-0.3, -0.25) is 4.79 Å². The Morgan fingerprint density at radius 1 is 0.500 bits per heavy atom. The number of rotatable bonds is 43. The first-order valence-electron chi connectivity index (χ1n) is 28.5. The molecule has 74 heavy (non-hydrogen) atoms. The molecular formula is C60H101NO13. The van der Waals surface area contributed by atoms with Gasteiger partial charge in [0.05, 0.1) is 32.0 Å². The molecule has 2 aliphatic heterocycles. The van der Waals surface area contributed by atoms with Crippen molar-refractivity contribution in [3.63, 3.8) is 0 Å². The number of carbonyl (C=O) groups is 1. The normalized spacial score (nSPS) is 26.0. The number of aliphatic hydroxyl groups is 8. The van der Waals surface area contributed by atoms with Crippen LogP contribution in [-0.2, 0) is 23.7 Å². The molecule has 0 aromatic heterocycles. The largest absolute Gasteiger partial charge is 0.394 e. The molecule has 2 fully saturated rings. The molecule has 2 heterocycles. The Balaban J connectivity index is 1.56. The summed E-state index contributed by atoms with van der Waals surface area (Å²) in [4.78, 5) is 13.1. The Labute approximate surface area is 445 Å². The number of hydrogen-bond donors (Lipinski definition) is 9. The van der Waals surface area contributed by atoms with Crippen LogP contribution >= 0.6 is 0 Å². The molecular weight excluding hydrogens is 943 g/mol. The molecule has 0 aliphatic carbocycles. The van der Waals surface area contributed by atoms with E-state index in [4.69, 9.17) is 18.9 Å². The number of allylic oxidation sites excluding steroid dienone is 15. The summed E-state index contributed by atoms with van der Waals surface area (Å²) in [6, 6.07) is -0.916. The molecule has 0 spiro atoms. The topological polar surface area (TPSA) is 228 Å². The quantitative estimate of drug-likeness (QED) is 0.0205. The highest BCUT2D eigenvalue weighted by Crippen LogP contribution is 2.30. The third-order valence-corrected chi connectivity index (χ3v) is 13.3. The third kappa shape index (κ3) is 30.6. The van der Waals surface area contributed by atoms with Crippen LogP contribution in [-0.4, -0.2) is 140 Å². The summed E-state index contributed by atoms with van der Waals surface area (Å²) in [5, 5.41) is 86.3. The van der Waals surface area contributed by atoms with Gasteiger partial charge in [-0.25, -0.2) is 0 Å². The lowest BCUT2D eigenvalue weighted by Gasteiger charge is -2.46. The van der Waals surface area contributed by atoms with Crippen molar-refractivity contribution in [2.24, 2.45) is 0 Å². The Morgan fingerprint density at radius 2 is 0.932 bits per heavy atom. The van der Waals surface area contributed by atoms with Gasteiger partial charge in [0.2, 0.25) is 5.91 Å². The van der Waals surface area contributed by atoms with Gasteiger partial charge >= 0.3 is 0 Å². The molecule has 0 bridgehead atoms. The molecule has 1 amide bonds. The zero-order chi connectivity index (χ0) is 53.9. The predicted molar refractivity (Wildman–Crippen MR) is 295 cm³/mol. The molecule has 2 aliphatic rings. The lowest BCUT2D eigenvalue weighted by Crippen LogP contribution is -2.65. The van der Waals surface area contributed by atoms with Crippen molar-refractivity contribution < 1.29 is 64.6 Å². The van der Waals surface area contributed by atoms with E-state index in [2.05, 4.69) is 104 Å². The summed E-state index contributed by atoms with van der Waals surface area (Å²) >= 11 is 0. The van der Waals surface area contributed by atoms with Crippen LogP contribution in [0.15, 0.2) is 97.2 Å². The van der Waals surface area contributed by atoms with Crippen molar-refractivity contribution >= 4 is 5.91 Å². The van der Waals surface area contributed by atoms with Gasteiger partial charge in [0.15, 0.2) is 12.6 Å². The third-order valence-electron chi connectivity index (χ3n) is 13.3. The molecule has 424 valence electrons. The fourth-order valence-electron chi connectivity index (χ4n) is 8.68. The van der Waals surface area contributed by atoms with E-state index in [9.17, 15) is 45.6 Å². The lowest BCUT2D eigenvalue weighted by molar-refractivity contribution is -0.359.